The van der Waals surface area contributed by atoms with Gasteiger partial charge in [0.15, 0.2) is 0 Å². The van der Waals surface area contributed by atoms with Gasteiger partial charge in [0.2, 0.25) is 11.8 Å². The highest BCUT2D eigenvalue weighted by Gasteiger charge is 2.34. The van der Waals surface area contributed by atoms with Gasteiger partial charge in [0.05, 0.1) is 18.2 Å². The quantitative estimate of drug-likeness (QED) is 0.188. The van der Waals surface area contributed by atoms with Crippen LogP contribution in [0.4, 0.5) is 4.79 Å². The number of aryl methyl sites for hydroxylation is 1. The first kappa shape index (κ1) is 32.7. The number of likely N-dealkylation sites (tertiary alicyclic amines) is 1. The van der Waals surface area contributed by atoms with Crippen molar-refractivity contribution in [3.8, 4) is 17.0 Å². The number of aromatic nitrogens is 3. The summed E-state index contributed by atoms with van der Waals surface area (Å²) in [5.74, 6) is 0.791. The van der Waals surface area contributed by atoms with Crippen molar-refractivity contribution < 1.29 is 28.5 Å². The van der Waals surface area contributed by atoms with Crippen LogP contribution in [0.1, 0.15) is 40.0 Å². The van der Waals surface area contributed by atoms with Crippen LogP contribution in [0.25, 0.3) is 32.9 Å². The molecule has 0 unspecified atom stereocenters. The number of nitrogens with zero attached hydrogens (tertiary/aromatic N) is 5. The summed E-state index contributed by atoms with van der Waals surface area (Å²) in [4.78, 5) is 36.6. The first-order valence-corrected chi connectivity index (χ1v) is 16.4. The maximum Gasteiger partial charge on any atom is 0.410 e. The molecule has 0 spiro atoms. The minimum atomic E-state index is -0.503. The zero-order valence-electron chi connectivity index (χ0n) is 28.0. The van der Waals surface area contributed by atoms with Crippen LogP contribution in [-0.2, 0) is 26.1 Å². The van der Waals surface area contributed by atoms with E-state index in [1.165, 1.54) is 5.39 Å². The van der Waals surface area contributed by atoms with Crippen LogP contribution < -0.4 is 4.74 Å². The predicted molar refractivity (Wildman–Crippen MR) is 179 cm³/mol. The summed E-state index contributed by atoms with van der Waals surface area (Å²) in [5, 5.41) is 2.34. The highest BCUT2D eigenvalue weighted by Crippen LogP contribution is 2.32. The van der Waals surface area contributed by atoms with Gasteiger partial charge >= 0.3 is 6.09 Å². The molecule has 4 heterocycles. The third kappa shape index (κ3) is 7.85. The largest absolute Gasteiger partial charge is 0.474 e. The van der Waals surface area contributed by atoms with Crippen molar-refractivity contribution in [2.45, 2.75) is 57.8 Å². The summed E-state index contributed by atoms with van der Waals surface area (Å²) in [6, 6.07) is 12.5. The lowest BCUT2D eigenvalue weighted by molar-refractivity contribution is -0.136. The van der Waals surface area contributed by atoms with Crippen LogP contribution in [0.3, 0.4) is 0 Å². The average molecular weight is 644 g/mol. The van der Waals surface area contributed by atoms with Crippen molar-refractivity contribution in [2.24, 2.45) is 13.0 Å². The van der Waals surface area contributed by atoms with E-state index in [9.17, 15) is 9.59 Å². The normalized spacial score (nSPS) is 18.2. The van der Waals surface area contributed by atoms with Gasteiger partial charge in [0.1, 0.15) is 18.3 Å². The first-order chi connectivity index (χ1) is 22.5. The number of fused-ring (bicyclic) bond motifs is 3. The van der Waals surface area contributed by atoms with Crippen LogP contribution >= 0.6 is 0 Å². The summed E-state index contributed by atoms with van der Waals surface area (Å²) >= 11 is 0. The number of rotatable bonds is 12. The smallest absolute Gasteiger partial charge is 0.410 e. The van der Waals surface area contributed by atoms with E-state index in [0.717, 1.165) is 46.8 Å². The molecule has 1 aliphatic heterocycles. The minimum Gasteiger partial charge on any atom is -0.474 e. The fraction of sp³-hybridized carbons (Fsp3) is 0.500. The maximum absolute atomic E-state index is 12.4. The molecule has 4 aromatic rings. The molecule has 11 heteroatoms. The molecule has 1 saturated heterocycles. The molecule has 47 heavy (non-hydrogen) atoms. The van der Waals surface area contributed by atoms with Crippen LogP contribution in [0.15, 0.2) is 55.0 Å². The van der Waals surface area contributed by atoms with Gasteiger partial charge in [-0.15, -0.1) is 0 Å². The molecule has 6 rings (SSSR count). The van der Waals surface area contributed by atoms with Crippen molar-refractivity contribution in [3.05, 3.63) is 55.0 Å². The van der Waals surface area contributed by atoms with E-state index in [2.05, 4.69) is 45.8 Å². The van der Waals surface area contributed by atoms with Crippen molar-refractivity contribution in [1.82, 2.24) is 24.3 Å². The Labute approximate surface area is 275 Å². The van der Waals surface area contributed by atoms with Gasteiger partial charge in [0, 0.05) is 106 Å². The third-order valence-electron chi connectivity index (χ3n) is 8.82. The standard InChI is InChI=1S/C36H45N5O6/c1-36(2,3)47-35(43)41-20-24(21-41)22-44-23-34(42)39(4)13-6-14-45-27-16-28(17-27)46-33-10-8-26(18-38-33)25-7-9-29-30-19-37-12-11-31(30)40(5)32(29)15-25/h7-12,15,18-19,24,27-28H,6,13-14,16-17,20-23H2,1-5H3. The Morgan fingerprint density at radius 1 is 0.979 bits per heavy atom. The van der Waals surface area contributed by atoms with Gasteiger partial charge < -0.3 is 33.3 Å². The molecule has 0 N–H and O–H groups in total. The number of hydrogen-bond acceptors (Lipinski definition) is 8. The molecule has 1 saturated carbocycles. The third-order valence-corrected chi connectivity index (χ3v) is 8.82. The molecule has 3 aromatic heterocycles. The number of pyridine rings is 2. The highest BCUT2D eigenvalue weighted by molar-refractivity contribution is 6.08. The lowest BCUT2D eigenvalue weighted by Crippen LogP contribution is -2.53. The zero-order valence-corrected chi connectivity index (χ0v) is 28.0. The van der Waals surface area contributed by atoms with Crippen molar-refractivity contribution >= 4 is 33.8 Å². The first-order valence-electron chi connectivity index (χ1n) is 16.4. The van der Waals surface area contributed by atoms with Gasteiger partial charge in [-0.25, -0.2) is 9.78 Å². The van der Waals surface area contributed by atoms with Crippen LogP contribution in [0, 0.1) is 5.92 Å². The minimum absolute atomic E-state index is 0.0360. The van der Waals surface area contributed by atoms with Gasteiger partial charge in [-0.2, -0.15) is 0 Å². The molecule has 0 atom stereocenters. The fourth-order valence-corrected chi connectivity index (χ4v) is 6.02. The number of amides is 2. The van der Waals surface area contributed by atoms with Crippen LogP contribution in [0.5, 0.6) is 5.88 Å². The summed E-state index contributed by atoms with van der Waals surface area (Å²) in [6.45, 7) is 8.41. The highest BCUT2D eigenvalue weighted by atomic mass is 16.6. The topological polar surface area (TPSA) is 108 Å². The van der Waals surface area contributed by atoms with E-state index >= 15 is 0 Å². The van der Waals surface area contributed by atoms with E-state index in [1.54, 1.807) is 16.8 Å². The summed E-state index contributed by atoms with van der Waals surface area (Å²) < 4.78 is 25.3. The Hall–Kier alpha value is -4.22. The molecule has 2 amide bonds. The second-order valence-electron chi connectivity index (χ2n) is 13.7. The SMILES string of the molecule is CN(CCCOC1CC(Oc2ccc(-c3ccc4c5cnccc5n(C)c4c3)cn2)C1)C(=O)COCC1CN(C(=O)OC(C)(C)C)C1. The van der Waals surface area contributed by atoms with Gasteiger partial charge in [-0.3, -0.25) is 9.78 Å². The summed E-state index contributed by atoms with van der Waals surface area (Å²) in [6.07, 6.45) is 7.96. The molecule has 11 nitrogen and oxygen atoms in total. The Morgan fingerprint density at radius 2 is 1.77 bits per heavy atom. The Kier molecular flexibility index (Phi) is 9.65. The van der Waals surface area contributed by atoms with Gasteiger partial charge in [0.25, 0.3) is 0 Å². The lowest BCUT2D eigenvalue weighted by Gasteiger charge is -2.39. The molecule has 250 valence electrons. The number of hydrogen-bond donors (Lipinski definition) is 0. The molecular formula is C36H45N5O6. The van der Waals surface area contributed by atoms with Gasteiger partial charge in [-0.05, 0) is 51.0 Å². The van der Waals surface area contributed by atoms with E-state index in [1.807, 2.05) is 51.5 Å². The fourth-order valence-electron chi connectivity index (χ4n) is 6.02. The van der Waals surface area contributed by atoms with Crippen molar-refractivity contribution in [3.63, 3.8) is 0 Å². The maximum atomic E-state index is 12.4. The predicted octanol–water partition coefficient (Wildman–Crippen LogP) is 5.45. The average Bonchev–Trinajstić information content (AvgIpc) is 3.29. The Morgan fingerprint density at radius 3 is 2.51 bits per heavy atom. The zero-order chi connectivity index (χ0) is 33.1. The number of benzene rings is 1. The second kappa shape index (κ2) is 13.9. The molecule has 1 aliphatic carbocycles. The Balaban J connectivity index is 0.839. The van der Waals surface area contributed by atoms with E-state index in [4.69, 9.17) is 18.9 Å². The molecular weight excluding hydrogens is 598 g/mol. The van der Waals surface area contributed by atoms with E-state index in [-0.39, 0.29) is 36.7 Å². The molecule has 2 aliphatic rings. The second-order valence-corrected chi connectivity index (χ2v) is 13.7. The molecule has 0 bridgehead atoms. The molecule has 1 aromatic carbocycles. The number of carbonyl (C=O) groups is 2. The Bertz CT molecular complexity index is 1700. The van der Waals surface area contributed by atoms with Crippen molar-refractivity contribution in [1.29, 1.82) is 0 Å². The van der Waals surface area contributed by atoms with Crippen LogP contribution in [0.2, 0.25) is 0 Å². The number of ether oxygens (including phenoxy) is 4. The van der Waals surface area contributed by atoms with Crippen LogP contribution in [-0.4, -0.2) is 101 Å². The van der Waals surface area contributed by atoms with Crippen molar-refractivity contribution in [2.75, 3.05) is 46.5 Å². The monoisotopic (exact) mass is 643 g/mol. The van der Waals surface area contributed by atoms with E-state index in [0.29, 0.717) is 38.7 Å². The number of likely N-dealkylation sites (N-methyl/N-ethyl adjacent to an activating group) is 1. The lowest BCUT2D eigenvalue weighted by atomic mass is 9.92. The van der Waals surface area contributed by atoms with Gasteiger partial charge in [-0.1, -0.05) is 12.1 Å². The molecule has 2 fully saturated rings. The van der Waals surface area contributed by atoms with E-state index < -0.39 is 5.60 Å². The summed E-state index contributed by atoms with van der Waals surface area (Å²) in [5.41, 5.74) is 3.97. The number of carbonyl (C=O) groups excluding carboxylic acids is 2. The summed E-state index contributed by atoms with van der Waals surface area (Å²) in [7, 11) is 3.86. The molecule has 0 radical (unpaired) electrons.